The van der Waals surface area contributed by atoms with Gasteiger partial charge in [-0.05, 0) is 17.7 Å². The molecule has 17 heavy (non-hydrogen) atoms. The smallest absolute Gasteiger partial charge is 0.407 e. The van der Waals surface area contributed by atoms with Gasteiger partial charge < -0.3 is 9.84 Å². The van der Waals surface area contributed by atoms with E-state index in [4.69, 9.17) is 15.1 Å². The summed E-state index contributed by atoms with van der Waals surface area (Å²) in [6, 6.07) is 7.19. The Morgan fingerprint density at radius 2 is 2.12 bits per heavy atom. The molecule has 0 saturated heterocycles. The Bertz CT molecular complexity index is 412. The van der Waals surface area contributed by atoms with Crippen LogP contribution in [0.15, 0.2) is 24.3 Å². The highest BCUT2D eigenvalue weighted by Gasteiger charge is 2.40. The van der Waals surface area contributed by atoms with Crippen molar-refractivity contribution in [2.24, 2.45) is 5.92 Å². The van der Waals surface area contributed by atoms with Gasteiger partial charge in [-0.25, -0.2) is 0 Å². The van der Waals surface area contributed by atoms with E-state index in [-0.39, 0.29) is 12.4 Å². The lowest BCUT2D eigenvalue weighted by Gasteiger charge is -2.14. The van der Waals surface area contributed by atoms with Crippen LogP contribution in [0.1, 0.15) is 5.56 Å². The van der Waals surface area contributed by atoms with Crippen molar-refractivity contribution < 1.29 is 23.0 Å². The number of nitriles is 1. The second kappa shape index (κ2) is 5.55. The topological polar surface area (TPSA) is 53.2 Å². The van der Waals surface area contributed by atoms with Crippen LogP contribution in [0.5, 0.6) is 5.75 Å². The van der Waals surface area contributed by atoms with E-state index in [0.29, 0.717) is 5.56 Å². The normalized spacial score (nSPS) is 12.9. The van der Waals surface area contributed by atoms with Gasteiger partial charge in [0.05, 0.1) is 12.7 Å². The first-order valence-corrected chi connectivity index (χ1v) is 4.76. The molecule has 0 fully saturated rings. The number of halogens is 3. The predicted molar refractivity (Wildman–Crippen MR) is 53.0 cm³/mol. The highest BCUT2D eigenvalue weighted by molar-refractivity contribution is 5.28. The number of benzene rings is 1. The predicted octanol–water partition coefficient (Wildman–Crippen LogP) is 2.26. The Balaban J connectivity index is 2.64. The zero-order chi connectivity index (χ0) is 12.9. The van der Waals surface area contributed by atoms with Crippen LogP contribution in [0, 0.1) is 17.2 Å². The Kier molecular flexibility index (Phi) is 4.35. The van der Waals surface area contributed by atoms with Crippen molar-refractivity contribution in [3.63, 3.8) is 0 Å². The number of hydrogen-bond donors (Lipinski definition) is 1. The van der Waals surface area contributed by atoms with Gasteiger partial charge in [0.15, 0.2) is 5.92 Å². The molecule has 0 saturated carbocycles. The number of alkyl halides is 3. The van der Waals surface area contributed by atoms with Crippen LogP contribution in [-0.4, -0.2) is 17.9 Å². The maximum atomic E-state index is 12.2. The number of aliphatic hydroxyl groups is 1. The SMILES string of the molecule is N#CC(COc1cccc(CO)c1)C(F)(F)F. The fourth-order valence-corrected chi connectivity index (χ4v) is 1.12. The fraction of sp³-hybridized carbons (Fsp3) is 0.364. The van der Waals surface area contributed by atoms with Gasteiger partial charge in [0.1, 0.15) is 12.4 Å². The number of rotatable bonds is 4. The lowest BCUT2D eigenvalue weighted by Crippen LogP contribution is -2.27. The largest absolute Gasteiger partial charge is 0.492 e. The zero-order valence-corrected chi connectivity index (χ0v) is 8.74. The lowest BCUT2D eigenvalue weighted by atomic mass is 10.2. The molecule has 1 N–H and O–H groups in total. The summed E-state index contributed by atoms with van der Waals surface area (Å²) in [4.78, 5) is 0. The molecule has 0 amide bonds. The van der Waals surface area contributed by atoms with Crippen LogP contribution in [0.2, 0.25) is 0 Å². The fourth-order valence-electron chi connectivity index (χ4n) is 1.12. The number of hydrogen-bond acceptors (Lipinski definition) is 3. The highest BCUT2D eigenvalue weighted by atomic mass is 19.4. The Morgan fingerprint density at radius 1 is 1.41 bits per heavy atom. The number of aliphatic hydroxyl groups excluding tert-OH is 1. The quantitative estimate of drug-likeness (QED) is 0.885. The van der Waals surface area contributed by atoms with E-state index >= 15 is 0 Å². The van der Waals surface area contributed by atoms with Crippen molar-refractivity contribution >= 4 is 0 Å². The number of nitrogens with zero attached hydrogens (tertiary/aromatic N) is 1. The molecule has 1 aromatic rings. The highest BCUT2D eigenvalue weighted by Crippen LogP contribution is 2.26. The molecule has 0 bridgehead atoms. The maximum Gasteiger partial charge on any atom is 0.407 e. The molecular weight excluding hydrogens is 235 g/mol. The van der Waals surface area contributed by atoms with Gasteiger partial charge in [-0.3, -0.25) is 0 Å². The summed E-state index contributed by atoms with van der Waals surface area (Å²) in [5.74, 6) is -1.96. The molecule has 1 unspecified atom stereocenters. The van der Waals surface area contributed by atoms with Gasteiger partial charge in [-0.1, -0.05) is 12.1 Å². The first-order chi connectivity index (χ1) is 7.97. The van der Waals surface area contributed by atoms with E-state index < -0.39 is 18.7 Å². The third kappa shape index (κ3) is 3.96. The van der Waals surface area contributed by atoms with E-state index in [0.717, 1.165) is 6.07 Å². The molecule has 0 heterocycles. The minimum absolute atomic E-state index is 0.195. The van der Waals surface area contributed by atoms with Gasteiger partial charge in [0.2, 0.25) is 0 Å². The zero-order valence-electron chi connectivity index (χ0n) is 8.74. The van der Waals surface area contributed by atoms with E-state index in [1.807, 2.05) is 0 Å². The molecule has 0 aliphatic rings. The summed E-state index contributed by atoms with van der Waals surface area (Å²) < 4.78 is 41.6. The second-order valence-electron chi connectivity index (χ2n) is 3.34. The third-order valence-electron chi connectivity index (χ3n) is 2.05. The average Bonchev–Trinajstić information content (AvgIpc) is 2.28. The van der Waals surface area contributed by atoms with Gasteiger partial charge in [0.25, 0.3) is 0 Å². The Hall–Kier alpha value is -1.74. The van der Waals surface area contributed by atoms with E-state index in [2.05, 4.69) is 0 Å². The minimum atomic E-state index is -4.59. The van der Waals surface area contributed by atoms with E-state index in [1.54, 1.807) is 12.1 Å². The molecule has 0 aromatic heterocycles. The van der Waals surface area contributed by atoms with Crippen molar-refractivity contribution in [1.29, 1.82) is 5.26 Å². The molecule has 1 atom stereocenters. The summed E-state index contributed by atoms with van der Waals surface area (Å²) >= 11 is 0. The first kappa shape index (κ1) is 13.3. The van der Waals surface area contributed by atoms with Crippen molar-refractivity contribution in [1.82, 2.24) is 0 Å². The van der Waals surface area contributed by atoms with Crippen molar-refractivity contribution in [2.75, 3.05) is 6.61 Å². The van der Waals surface area contributed by atoms with Gasteiger partial charge in [-0.15, -0.1) is 0 Å². The summed E-state index contributed by atoms with van der Waals surface area (Å²) in [6.07, 6.45) is -4.59. The second-order valence-corrected chi connectivity index (χ2v) is 3.34. The van der Waals surface area contributed by atoms with Crippen LogP contribution < -0.4 is 4.74 Å². The standard InChI is InChI=1S/C11H10F3NO2/c12-11(13,14)9(5-15)7-17-10-3-1-2-8(4-10)6-16/h1-4,9,16H,6-7H2. The lowest BCUT2D eigenvalue weighted by molar-refractivity contribution is -0.165. The summed E-state index contributed by atoms with van der Waals surface area (Å²) in [5.41, 5.74) is 0.531. The minimum Gasteiger partial charge on any atom is -0.492 e. The molecule has 0 radical (unpaired) electrons. The van der Waals surface area contributed by atoms with Crippen LogP contribution in [0.3, 0.4) is 0 Å². The molecule has 0 aliphatic carbocycles. The van der Waals surface area contributed by atoms with E-state index in [9.17, 15) is 13.2 Å². The van der Waals surface area contributed by atoms with Crippen LogP contribution in [0.4, 0.5) is 13.2 Å². The molecule has 0 spiro atoms. The summed E-state index contributed by atoms with van der Waals surface area (Å²) in [5, 5.41) is 17.2. The molecule has 3 nitrogen and oxygen atoms in total. The summed E-state index contributed by atoms with van der Waals surface area (Å²) in [6.45, 7) is -0.979. The van der Waals surface area contributed by atoms with Gasteiger partial charge in [0, 0.05) is 0 Å². The van der Waals surface area contributed by atoms with Gasteiger partial charge >= 0.3 is 6.18 Å². The van der Waals surface area contributed by atoms with Crippen molar-refractivity contribution in [3.8, 4) is 11.8 Å². The molecule has 1 rings (SSSR count). The summed E-state index contributed by atoms with van der Waals surface area (Å²) in [7, 11) is 0. The van der Waals surface area contributed by atoms with Crippen molar-refractivity contribution in [2.45, 2.75) is 12.8 Å². The van der Waals surface area contributed by atoms with Crippen LogP contribution in [0.25, 0.3) is 0 Å². The maximum absolute atomic E-state index is 12.2. The monoisotopic (exact) mass is 245 g/mol. The van der Waals surface area contributed by atoms with Crippen molar-refractivity contribution in [3.05, 3.63) is 29.8 Å². The van der Waals surface area contributed by atoms with E-state index in [1.165, 1.54) is 12.1 Å². The molecule has 6 heteroatoms. The number of ether oxygens (including phenoxy) is 1. The molecule has 0 aliphatic heterocycles. The first-order valence-electron chi connectivity index (χ1n) is 4.76. The molecular formula is C11H10F3NO2. The Morgan fingerprint density at radius 3 is 2.65 bits per heavy atom. The van der Waals surface area contributed by atoms with Crippen LogP contribution in [-0.2, 0) is 6.61 Å². The van der Waals surface area contributed by atoms with Gasteiger partial charge in [-0.2, -0.15) is 18.4 Å². The van der Waals surface area contributed by atoms with Crippen LogP contribution >= 0.6 is 0 Å². The molecule has 92 valence electrons. The average molecular weight is 245 g/mol. The molecule has 1 aromatic carbocycles. The third-order valence-corrected chi connectivity index (χ3v) is 2.05. The Labute approximate surface area is 96.1 Å².